The Labute approximate surface area is 66.3 Å². The largest absolute Gasteiger partial charge is 0.478 e. The molecule has 0 spiro atoms. The Morgan fingerprint density at radius 1 is 1.36 bits per heavy atom. The highest BCUT2D eigenvalue weighted by molar-refractivity contribution is 5.75. The first-order chi connectivity index (χ1) is 4.65. The maximum Gasteiger partial charge on any atom is 0.350 e. The molecule has 0 aromatic rings. The Morgan fingerprint density at radius 3 is 1.82 bits per heavy atom. The summed E-state index contributed by atoms with van der Waals surface area (Å²) < 4.78 is 5.06. The summed E-state index contributed by atoms with van der Waals surface area (Å²) in [6, 6.07) is 0. The maximum absolute atomic E-state index is 10.4. The van der Waals surface area contributed by atoms with E-state index in [9.17, 15) is 4.79 Å². The number of nitrogens with two attached hydrogens (primary N) is 1. The molecule has 4 nitrogen and oxygen atoms in total. The molecule has 4 heteroatoms. The monoisotopic (exact) mass is 161 g/mol. The first-order valence-electron chi connectivity index (χ1n) is 3.37. The molecule has 0 amide bonds. The van der Waals surface area contributed by atoms with E-state index in [0.29, 0.717) is 0 Å². The standard InChI is InChI=1S/C7H15NO3/c1-6(2,3)11-7(4,8)5(9)10/h8H2,1-4H3,(H,9,10)/t7-/m0/s1. The van der Waals surface area contributed by atoms with E-state index in [2.05, 4.69) is 0 Å². The molecule has 1 atom stereocenters. The van der Waals surface area contributed by atoms with Crippen molar-refractivity contribution in [3.8, 4) is 0 Å². The molecule has 0 unspecified atom stereocenters. The molecule has 0 aliphatic carbocycles. The summed E-state index contributed by atoms with van der Waals surface area (Å²) in [4.78, 5) is 10.4. The van der Waals surface area contributed by atoms with Crippen molar-refractivity contribution in [3.05, 3.63) is 0 Å². The van der Waals surface area contributed by atoms with E-state index in [-0.39, 0.29) is 0 Å². The molecule has 0 aliphatic rings. The van der Waals surface area contributed by atoms with Gasteiger partial charge in [0, 0.05) is 0 Å². The number of hydrogen-bond donors (Lipinski definition) is 2. The minimum absolute atomic E-state index is 0.540. The lowest BCUT2D eigenvalue weighted by Gasteiger charge is -2.29. The second kappa shape index (κ2) is 2.79. The average molecular weight is 161 g/mol. The number of carboxylic acids is 1. The molecule has 0 rings (SSSR count). The molecule has 0 fully saturated rings. The molecule has 0 saturated heterocycles. The van der Waals surface area contributed by atoms with Gasteiger partial charge in [0.25, 0.3) is 0 Å². The Hall–Kier alpha value is -0.610. The van der Waals surface area contributed by atoms with E-state index in [1.54, 1.807) is 20.8 Å². The third-order valence-corrected chi connectivity index (χ3v) is 0.943. The van der Waals surface area contributed by atoms with Crippen molar-refractivity contribution in [2.24, 2.45) is 5.73 Å². The second-order valence-corrected chi connectivity index (χ2v) is 3.63. The van der Waals surface area contributed by atoms with Gasteiger partial charge in [-0.1, -0.05) is 0 Å². The van der Waals surface area contributed by atoms with Gasteiger partial charge in [-0.2, -0.15) is 0 Å². The van der Waals surface area contributed by atoms with Gasteiger partial charge in [-0.3, -0.25) is 5.73 Å². The molecular weight excluding hydrogens is 146 g/mol. The van der Waals surface area contributed by atoms with Crippen molar-refractivity contribution in [3.63, 3.8) is 0 Å². The van der Waals surface area contributed by atoms with E-state index in [1.807, 2.05) is 0 Å². The number of rotatable bonds is 2. The number of aliphatic carboxylic acids is 1. The normalized spacial score (nSPS) is 17.5. The molecule has 0 aromatic carbocycles. The number of hydrogen-bond acceptors (Lipinski definition) is 3. The van der Waals surface area contributed by atoms with Gasteiger partial charge in [0.15, 0.2) is 0 Å². The van der Waals surface area contributed by atoms with Gasteiger partial charge in [0.05, 0.1) is 5.60 Å². The number of carbonyl (C=O) groups is 1. The van der Waals surface area contributed by atoms with Crippen molar-refractivity contribution in [2.75, 3.05) is 0 Å². The Bertz CT molecular complexity index is 158. The lowest BCUT2D eigenvalue weighted by Crippen LogP contribution is -2.51. The summed E-state index contributed by atoms with van der Waals surface area (Å²) in [5, 5.41) is 8.55. The summed E-state index contributed by atoms with van der Waals surface area (Å²) in [5.74, 6) is -1.16. The molecule has 11 heavy (non-hydrogen) atoms. The first-order valence-corrected chi connectivity index (χ1v) is 3.37. The lowest BCUT2D eigenvalue weighted by molar-refractivity contribution is -0.179. The quantitative estimate of drug-likeness (QED) is 0.580. The fraction of sp³-hybridized carbons (Fsp3) is 0.857. The van der Waals surface area contributed by atoms with E-state index in [1.165, 1.54) is 6.92 Å². The summed E-state index contributed by atoms with van der Waals surface area (Å²) in [7, 11) is 0. The zero-order valence-corrected chi connectivity index (χ0v) is 7.34. The lowest BCUT2D eigenvalue weighted by atomic mass is 10.1. The van der Waals surface area contributed by atoms with Crippen molar-refractivity contribution >= 4 is 5.97 Å². The Kier molecular flexibility index (Phi) is 2.64. The van der Waals surface area contributed by atoms with Crippen LogP contribution >= 0.6 is 0 Å². The van der Waals surface area contributed by atoms with Crippen LogP contribution in [-0.2, 0) is 9.53 Å². The molecule has 3 N–H and O–H groups in total. The van der Waals surface area contributed by atoms with Crippen LogP contribution < -0.4 is 5.73 Å². The highest BCUT2D eigenvalue weighted by Gasteiger charge is 2.33. The van der Waals surface area contributed by atoms with E-state index >= 15 is 0 Å². The SMILES string of the molecule is CC(C)(C)O[C@](C)(N)C(=O)O. The molecule has 0 heterocycles. The third-order valence-electron chi connectivity index (χ3n) is 0.943. The summed E-state index contributed by atoms with van der Waals surface area (Å²) in [6.07, 6.45) is 0. The van der Waals surface area contributed by atoms with Crippen LogP contribution in [0.5, 0.6) is 0 Å². The van der Waals surface area contributed by atoms with Crippen molar-refractivity contribution in [2.45, 2.75) is 39.0 Å². The predicted molar refractivity (Wildman–Crippen MR) is 41.1 cm³/mol. The van der Waals surface area contributed by atoms with Crippen LogP contribution in [0.1, 0.15) is 27.7 Å². The molecular formula is C7H15NO3. The van der Waals surface area contributed by atoms with Gasteiger partial charge in [-0.25, -0.2) is 4.79 Å². The van der Waals surface area contributed by atoms with Crippen molar-refractivity contribution < 1.29 is 14.6 Å². The van der Waals surface area contributed by atoms with E-state index in [4.69, 9.17) is 15.6 Å². The molecule has 0 aromatic heterocycles. The van der Waals surface area contributed by atoms with Crippen LogP contribution in [0.3, 0.4) is 0 Å². The van der Waals surface area contributed by atoms with Crippen LogP contribution in [0.25, 0.3) is 0 Å². The third kappa shape index (κ3) is 3.95. The maximum atomic E-state index is 10.4. The number of ether oxygens (including phenoxy) is 1. The molecule has 0 radical (unpaired) electrons. The van der Waals surface area contributed by atoms with Gasteiger partial charge in [-0.05, 0) is 27.7 Å². The Balaban J connectivity index is 4.25. The van der Waals surface area contributed by atoms with Gasteiger partial charge in [0.2, 0.25) is 5.72 Å². The average Bonchev–Trinajstić information content (AvgIpc) is 1.56. The van der Waals surface area contributed by atoms with Crippen LogP contribution in [0.2, 0.25) is 0 Å². The molecule has 0 saturated carbocycles. The van der Waals surface area contributed by atoms with Gasteiger partial charge in [-0.15, -0.1) is 0 Å². The van der Waals surface area contributed by atoms with Crippen molar-refractivity contribution in [1.82, 2.24) is 0 Å². The van der Waals surface area contributed by atoms with Crippen LogP contribution in [0, 0.1) is 0 Å². The van der Waals surface area contributed by atoms with Gasteiger partial charge >= 0.3 is 5.97 Å². The smallest absolute Gasteiger partial charge is 0.350 e. The van der Waals surface area contributed by atoms with E-state index < -0.39 is 17.3 Å². The first kappa shape index (κ1) is 10.4. The predicted octanol–water partition coefficient (Wildman–Crippen LogP) is 0.561. The van der Waals surface area contributed by atoms with Crippen LogP contribution in [-0.4, -0.2) is 22.4 Å². The zero-order valence-electron chi connectivity index (χ0n) is 7.34. The summed E-state index contributed by atoms with van der Waals surface area (Å²) >= 11 is 0. The molecule has 0 bridgehead atoms. The van der Waals surface area contributed by atoms with Crippen LogP contribution in [0.15, 0.2) is 0 Å². The second-order valence-electron chi connectivity index (χ2n) is 3.63. The highest BCUT2D eigenvalue weighted by atomic mass is 16.6. The molecule has 0 aliphatic heterocycles. The zero-order chi connectivity index (χ0) is 9.28. The van der Waals surface area contributed by atoms with Gasteiger partial charge < -0.3 is 9.84 Å². The minimum atomic E-state index is -1.60. The minimum Gasteiger partial charge on any atom is -0.478 e. The van der Waals surface area contributed by atoms with Crippen LogP contribution in [0.4, 0.5) is 0 Å². The summed E-state index contributed by atoms with van der Waals surface area (Å²) in [6.45, 7) is 6.57. The topological polar surface area (TPSA) is 72.5 Å². The fourth-order valence-electron chi connectivity index (χ4n) is 0.680. The van der Waals surface area contributed by atoms with Crippen molar-refractivity contribution in [1.29, 1.82) is 0 Å². The van der Waals surface area contributed by atoms with E-state index in [0.717, 1.165) is 0 Å². The fourth-order valence-corrected chi connectivity index (χ4v) is 0.680. The Morgan fingerprint density at radius 2 is 1.73 bits per heavy atom. The number of carboxylic acid groups (broad SMARTS) is 1. The highest BCUT2D eigenvalue weighted by Crippen LogP contribution is 2.15. The molecule has 66 valence electrons. The van der Waals surface area contributed by atoms with Gasteiger partial charge in [0.1, 0.15) is 0 Å². The summed E-state index contributed by atoms with van der Waals surface area (Å²) in [5.41, 5.74) is 3.19.